The summed E-state index contributed by atoms with van der Waals surface area (Å²) in [6.07, 6.45) is 5.79. The summed E-state index contributed by atoms with van der Waals surface area (Å²) in [7, 11) is 0. The van der Waals surface area contributed by atoms with E-state index in [1.54, 1.807) is 0 Å². The molecular weight excluding hydrogens is 326 g/mol. The molecule has 0 saturated carbocycles. The van der Waals surface area contributed by atoms with Crippen molar-refractivity contribution in [2.75, 3.05) is 56.2 Å². The molecule has 0 aromatic carbocycles. The van der Waals surface area contributed by atoms with E-state index in [0.29, 0.717) is 12.0 Å². The summed E-state index contributed by atoms with van der Waals surface area (Å²) in [5.74, 6) is 2.70. The minimum atomic E-state index is 0.385. The van der Waals surface area contributed by atoms with Crippen LogP contribution < -0.4 is 10.2 Å². The number of hydrogen-bond donors (Lipinski definition) is 1. The second-order valence-electron chi connectivity index (χ2n) is 8.32. The Morgan fingerprint density at radius 2 is 1.92 bits per heavy atom. The third-order valence-electron chi connectivity index (χ3n) is 5.78. The van der Waals surface area contributed by atoms with E-state index in [1.807, 2.05) is 0 Å². The summed E-state index contributed by atoms with van der Waals surface area (Å²) in [6.45, 7) is 11.8. The van der Waals surface area contributed by atoms with Crippen molar-refractivity contribution >= 4 is 11.8 Å². The average Bonchev–Trinajstić information content (AvgIpc) is 3.28. The molecule has 0 radical (unpaired) electrons. The Balaban J connectivity index is 1.54. The van der Waals surface area contributed by atoms with Crippen molar-refractivity contribution in [2.24, 2.45) is 5.92 Å². The molecule has 26 heavy (non-hydrogen) atoms. The summed E-state index contributed by atoms with van der Waals surface area (Å²) >= 11 is 0. The number of anilines is 2. The fourth-order valence-electron chi connectivity index (χ4n) is 4.36. The second kappa shape index (κ2) is 8.09. The van der Waals surface area contributed by atoms with Gasteiger partial charge in [0.1, 0.15) is 5.82 Å². The lowest BCUT2D eigenvalue weighted by molar-refractivity contribution is 0.168. The quantitative estimate of drug-likeness (QED) is 0.871. The Bertz CT molecular complexity index is 608. The number of fused-ring (bicyclic) bond motifs is 1. The van der Waals surface area contributed by atoms with Gasteiger partial charge in [0.25, 0.3) is 0 Å². The number of ether oxygens (including phenoxy) is 1. The van der Waals surface area contributed by atoms with Crippen molar-refractivity contribution in [3.05, 3.63) is 11.3 Å². The van der Waals surface area contributed by atoms with Crippen molar-refractivity contribution in [1.29, 1.82) is 0 Å². The molecule has 0 aliphatic carbocycles. The van der Waals surface area contributed by atoms with Crippen LogP contribution in [0.15, 0.2) is 0 Å². The summed E-state index contributed by atoms with van der Waals surface area (Å²) in [4.78, 5) is 14.9. The van der Waals surface area contributed by atoms with Crippen molar-refractivity contribution in [1.82, 2.24) is 14.9 Å². The highest BCUT2D eigenvalue weighted by atomic mass is 16.5. The lowest BCUT2D eigenvalue weighted by Gasteiger charge is -2.22. The van der Waals surface area contributed by atoms with Gasteiger partial charge in [-0.05, 0) is 45.4 Å². The third kappa shape index (κ3) is 4.12. The molecule has 4 heterocycles. The SMILES string of the molecule is CC(C)Nc1nc(N2CCCC2)nc2c1CCN(C[C@@H]1CCOC1)CC2. The number of aromatic nitrogens is 2. The maximum Gasteiger partial charge on any atom is 0.227 e. The molecule has 6 nitrogen and oxygen atoms in total. The molecule has 3 aliphatic rings. The van der Waals surface area contributed by atoms with Gasteiger partial charge in [-0.25, -0.2) is 4.98 Å². The van der Waals surface area contributed by atoms with Crippen molar-refractivity contribution in [3.63, 3.8) is 0 Å². The van der Waals surface area contributed by atoms with E-state index >= 15 is 0 Å². The van der Waals surface area contributed by atoms with Crippen LogP contribution in [0.2, 0.25) is 0 Å². The molecule has 0 spiro atoms. The first-order valence-electron chi connectivity index (χ1n) is 10.4. The zero-order chi connectivity index (χ0) is 17.9. The fourth-order valence-corrected chi connectivity index (χ4v) is 4.36. The molecule has 1 aromatic rings. The van der Waals surface area contributed by atoms with Crippen molar-refractivity contribution in [3.8, 4) is 0 Å². The molecule has 2 fully saturated rings. The molecule has 4 rings (SSSR count). The Kier molecular flexibility index (Phi) is 5.60. The largest absolute Gasteiger partial charge is 0.381 e. The van der Waals surface area contributed by atoms with Crippen LogP contribution in [-0.2, 0) is 17.6 Å². The van der Waals surface area contributed by atoms with E-state index < -0.39 is 0 Å². The van der Waals surface area contributed by atoms with Crippen molar-refractivity contribution in [2.45, 2.75) is 52.0 Å². The van der Waals surface area contributed by atoms with E-state index in [-0.39, 0.29) is 0 Å². The maximum atomic E-state index is 5.56. The standard InChI is InChI=1S/C20H33N5O/c1-15(2)21-19-17-5-10-24(13-16-7-12-26-14-16)11-6-18(17)22-20(23-19)25-8-3-4-9-25/h15-16H,3-14H2,1-2H3,(H,21,22,23)/t16-/m0/s1. The molecule has 0 amide bonds. The van der Waals surface area contributed by atoms with Gasteiger partial charge in [0.15, 0.2) is 0 Å². The Hall–Kier alpha value is -1.40. The van der Waals surface area contributed by atoms with E-state index in [9.17, 15) is 0 Å². The van der Waals surface area contributed by atoms with Crippen LogP contribution in [-0.4, -0.2) is 66.8 Å². The van der Waals surface area contributed by atoms with Crippen molar-refractivity contribution < 1.29 is 4.74 Å². The zero-order valence-electron chi connectivity index (χ0n) is 16.3. The smallest absolute Gasteiger partial charge is 0.227 e. The van der Waals surface area contributed by atoms with Gasteiger partial charge in [-0.1, -0.05) is 0 Å². The average molecular weight is 360 g/mol. The molecule has 0 bridgehead atoms. The molecule has 1 atom stereocenters. The second-order valence-corrected chi connectivity index (χ2v) is 8.32. The highest BCUT2D eigenvalue weighted by molar-refractivity contribution is 5.52. The predicted molar refractivity (Wildman–Crippen MR) is 105 cm³/mol. The molecule has 144 valence electrons. The third-order valence-corrected chi connectivity index (χ3v) is 5.78. The number of hydrogen-bond acceptors (Lipinski definition) is 6. The molecule has 0 unspecified atom stereocenters. The van der Waals surface area contributed by atoms with Gasteiger partial charge in [-0.15, -0.1) is 0 Å². The highest BCUT2D eigenvalue weighted by Crippen LogP contribution is 2.27. The molecule has 1 N–H and O–H groups in total. The van der Waals surface area contributed by atoms with Crippen LogP contribution in [0.25, 0.3) is 0 Å². The summed E-state index contributed by atoms with van der Waals surface area (Å²) in [5, 5.41) is 3.60. The van der Waals surface area contributed by atoms with Gasteiger partial charge >= 0.3 is 0 Å². The van der Waals surface area contributed by atoms with E-state index in [1.165, 1.54) is 30.5 Å². The molecule has 3 aliphatic heterocycles. The highest BCUT2D eigenvalue weighted by Gasteiger charge is 2.25. The Morgan fingerprint density at radius 1 is 1.12 bits per heavy atom. The summed E-state index contributed by atoms with van der Waals surface area (Å²) in [5.41, 5.74) is 2.60. The monoisotopic (exact) mass is 359 g/mol. The lowest BCUT2D eigenvalue weighted by atomic mass is 10.1. The van der Waals surface area contributed by atoms with Crippen LogP contribution >= 0.6 is 0 Å². The Labute approximate surface area is 157 Å². The lowest BCUT2D eigenvalue weighted by Crippen LogP contribution is -2.32. The van der Waals surface area contributed by atoms with Gasteiger partial charge < -0.3 is 19.9 Å². The normalized spacial score (nSPS) is 24.1. The molecule has 2 saturated heterocycles. The summed E-state index contributed by atoms with van der Waals surface area (Å²) in [6, 6.07) is 0.385. The predicted octanol–water partition coefficient (Wildman–Crippen LogP) is 2.33. The van der Waals surface area contributed by atoms with E-state index in [0.717, 1.165) is 70.5 Å². The molecule has 6 heteroatoms. The van der Waals surface area contributed by atoms with Gasteiger partial charge in [0, 0.05) is 57.4 Å². The van der Waals surface area contributed by atoms with Gasteiger partial charge in [-0.3, -0.25) is 0 Å². The van der Waals surface area contributed by atoms with Gasteiger partial charge in [0.05, 0.1) is 12.3 Å². The molecule has 1 aromatic heterocycles. The maximum absolute atomic E-state index is 5.56. The number of nitrogens with one attached hydrogen (secondary N) is 1. The molecular formula is C20H33N5O. The first kappa shape index (κ1) is 18.0. The van der Waals surface area contributed by atoms with Gasteiger partial charge in [0.2, 0.25) is 5.95 Å². The minimum absolute atomic E-state index is 0.385. The minimum Gasteiger partial charge on any atom is -0.381 e. The first-order valence-corrected chi connectivity index (χ1v) is 10.4. The van der Waals surface area contributed by atoms with Crippen LogP contribution in [0.4, 0.5) is 11.8 Å². The van der Waals surface area contributed by atoms with E-state index in [2.05, 4.69) is 29.0 Å². The number of nitrogens with zero attached hydrogens (tertiary/aromatic N) is 4. The number of rotatable bonds is 5. The van der Waals surface area contributed by atoms with Crippen LogP contribution in [0.3, 0.4) is 0 Å². The zero-order valence-corrected chi connectivity index (χ0v) is 16.3. The fraction of sp³-hybridized carbons (Fsp3) is 0.800. The van der Waals surface area contributed by atoms with Crippen LogP contribution in [0, 0.1) is 5.92 Å². The van der Waals surface area contributed by atoms with Crippen LogP contribution in [0.1, 0.15) is 44.4 Å². The summed E-state index contributed by atoms with van der Waals surface area (Å²) < 4.78 is 5.56. The Morgan fingerprint density at radius 3 is 2.65 bits per heavy atom. The first-order chi connectivity index (χ1) is 12.7. The van der Waals surface area contributed by atoms with Crippen LogP contribution in [0.5, 0.6) is 0 Å². The topological polar surface area (TPSA) is 53.5 Å². The van der Waals surface area contributed by atoms with E-state index in [4.69, 9.17) is 14.7 Å². The van der Waals surface area contributed by atoms with Gasteiger partial charge in [-0.2, -0.15) is 4.98 Å².